The van der Waals surface area contributed by atoms with Gasteiger partial charge in [0.15, 0.2) is 0 Å². The molecule has 1 atom stereocenters. The molecule has 42 heavy (non-hydrogen) atoms. The van der Waals surface area contributed by atoms with Crippen LogP contribution in [0, 0.1) is 0 Å². The standard InChI is InChI=1S/C41H27Br/c42-39-23-11-18-32-33(17-9-19-34(32)39)35-20-10-22-38-40(35)36-16-7-8-21-37(36)41(38,30-14-5-2-6-15-30)31-26-24-29(25-27-31)28-12-3-1-4-13-28/h1-27H. The molecule has 0 saturated heterocycles. The first-order chi connectivity index (χ1) is 20.8. The van der Waals surface area contributed by atoms with E-state index in [2.05, 4.69) is 180 Å². The van der Waals surface area contributed by atoms with Crippen molar-refractivity contribution < 1.29 is 0 Å². The molecule has 1 unspecified atom stereocenters. The summed E-state index contributed by atoms with van der Waals surface area (Å²) in [5.74, 6) is 0. The lowest BCUT2D eigenvalue weighted by Crippen LogP contribution is -2.28. The summed E-state index contributed by atoms with van der Waals surface area (Å²) in [5.41, 5.74) is 12.4. The fraction of sp³-hybridized carbons (Fsp3) is 0.0244. The second-order valence-corrected chi connectivity index (χ2v) is 11.8. The Hall–Kier alpha value is -4.72. The van der Waals surface area contributed by atoms with E-state index in [-0.39, 0.29) is 0 Å². The molecule has 0 nitrogen and oxygen atoms in total. The highest BCUT2D eigenvalue weighted by Crippen LogP contribution is 2.58. The summed E-state index contributed by atoms with van der Waals surface area (Å²) in [6.45, 7) is 0. The number of fused-ring (bicyclic) bond motifs is 4. The molecule has 198 valence electrons. The predicted octanol–water partition coefficient (Wildman–Crippen LogP) is 11.3. The van der Waals surface area contributed by atoms with E-state index < -0.39 is 5.41 Å². The van der Waals surface area contributed by atoms with Crippen molar-refractivity contribution >= 4 is 26.7 Å². The number of benzene rings is 7. The maximum Gasteiger partial charge on any atom is 0.0713 e. The minimum atomic E-state index is -0.441. The van der Waals surface area contributed by atoms with Crippen LogP contribution < -0.4 is 0 Å². The van der Waals surface area contributed by atoms with Crippen LogP contribution in [0.4, 0.5) is 0 Å². The highest BCUT2D eigenvalue weighted by atomic mass is 79.9. The van der Waals surface area contributed by atoms with E-state index in [1.807, 2.05) is 0 Å². The third-order valence-electron chi connectivity index (χ3n) is 8.86. The highest BCUT2D eigenvalue weighted by molar-refractivity contribution is 9.10. The molecule has 0 aliphatic heterocycles. The van der Waals surface area contributed by atoms with Crippen molar-refractivity contribution in [3.63, 3.8) is 0 Å². The largest absolute Gasteiger partial charge is 0.0713 e. The number of halogens is 1. The Morgan fingerprint density at radius 2 is 0.905 bits per heavy atom. The van der Waals surface area contributed by atoms with Crippen molar-refractivity contribution in [1.29, 1.82) is 0 Å². The molecule has 0 radical (unpaired) electrons. The molecule has 0 spiro atoms. The minimum Gasteiger partial charge on any atom is -0.0622 e. The predicted molar refractivity (Wildman–Crippen MR) is 180 cm³/mol. The van der Waals surface area contributed by atoms with Crippen LogP contribution in [-0.2, 0) is 5.41 Å². The van der Waals surface area contributed by atoms with Crippen molar-refractivity contribution in [2.75, 3.05) is 0 Å². The molecule has 0 aromatic heterocycles. The maximum atomic E-state index is 3.79. The first-order valence-electron chi connectivity index (χ1n) is 14.4. The Balaban J connectivity index is 1.45. The lowest BCUT2D eigenvalue weighted by molar-refractivity contribution is 0.769. The normalized spacial score (nSPS) is 15.4. The zero-order chi connectivity index (χ0) is 28.1. The molecule has 0 N–H and O–H groups in total. The van der Waals surface area contributed by atoms with Crippen molar-refractivity contribution in [3.05, 3.63) is 191 Å². The summed E-state index contributed by atoms with van der Waals surface area (Å²) in [4.78, 5) is 0. The van der Waals surface area contributed by atoms with Gasteiger partial charge in [0.1, 0.15) is 0 Å². The van der Waals surface area contributed by atoms with E-state index in [4.69, 9.17) is 0 Å². The summed E-state index contributed by atoms with van der Waals surface area (Å²) < 4.78 is 1.12. The van der Waals surface area contributed by atoms with E-state index >= 15 is 0 Å². The van der Waals surface area contributed by atoms with E-state index in [0.717, 1.165) is 4.47 Å². The van der Waals surface area contributed by atoms with E-state index in [9.17, 15) is 0 Å². The third kappa shape index (κ3) is 3.67. The highest BCUT2D eigenvalue weighted by Gasteiger charge is 2.46. The Kier molecular flexibility index (Phi) is 5.94. The second kappa shape index (κ2) is 9.98. The Bertz CT molecular complexity index is 2070. The first kappa shape index (κ1) is 25.0. The van der Waals surface area contributed by atoms with Crippen LogP contribution >= 0.6 is 15.9 Å². The van der Waals surface area contributed by atoms with Gasteiger partial charge in [0.25, 0.3) is 0 Å². The molecule has 7 aromatic carbocycles. The fourth-order valence-electron chi connectivity index (χ4n) is 7.08. The Labute approximate surface area is 255 Å². The van der Waals surface area contributed by atoms with Gasteiger partial charge >= 0.3 is 0 Å². The van der Waals surface area contributed by atoms with Crippen molar-refractivity contribution in [3.8, 4) is 33.4 Å². The van der Waals surface area contributed by atoms with Gasteiger partial charge in [-0.25, -0.2) is 0 Å². The molecule has 8 rings (SSSR count). The van der Waals surface area contributed by atoms with E-state index in [1.165, 1.54) is 66.4 Å². The molecule has 1 heteroatoms. The van der Waals surface area contributed by atoms with Gasteiger partial charge in [-0.15, -0.1) is 0 Å². The summed E-state index contributed by atoms with van der Waals surface area (Å²) in [7, 11) is 0. The van der Waals surface area contributed by atoms with Gasteiger partial charge in [0, 0.05) is 4.47 Å². The van der Waals surface area contributed by atoms with Crippen LogP contribution in [0.3, 0.4) is 0 Å². The summed E-state index contributed by atoms with van der Waals surface area (Å²) >= 11 is 3.79. The van der Waals surface area contributed by atoms with E-state index in [0.29, 0.717) is 0 Å². The van der Waals surface area contributed by atoms with Crippen LogP contribution in [0.2, 0.25) is 0 Å². The van der Waals surface area contributed by atoms with Gasteiger partial charge in [0.2, 0.25) is 0 Å². The number of hydrogen-bond donors (Lipinski definition) is 0. The smallest absolute Gasteiger partial charge is 0.0622 e. The SMILES string of the molecule is Brc1cccc2c(-c3cccc4c3-c3ccccc3C4(c3ccccc3)c3ccc(-c4ccccc4)cc3)cccc12. The first-order valence-corrected chi connectivity index (χ1v) is 15.2. The molecule has 0 heterocycles. The molecule has 0 amide bonds. The minimum absolute atomic E-state index is 0.441. The summed E-state index contributed by atoms with van der Waals surface area (Å²) in [6, 6.07) is 59.9. The van der Waals surface area contributed by atoms with Crippen LogP contribution in [0.25, 0.3) is 44.2 Å². The molecule has 0 bridgehead atoms. The van der Waals surface area contributed by atoms with Crippen molar-refractivity contribution in [2.45, 2.75) is 5.41 Å². The van der Waals surface area contributed by atoms with Gasteiger partial charge in [-0.1, -0.05) is 174 Å². The average molecular weight is 600 g/mol. The Morgan fingerprint density at radius 3 is 1.71 bits per heavy atom. The van der Waals surface area contributed by atoms with Gasteiger partial charge in [0.05, 0.1) is 5.41 Å². The lowest BCUT2D eigenvalue weighted by Gasteiger charge is -2.34. The van der Waals surface area contributed by atoms with Crippen molar-refractivity contribution in [1.82, 2.24) is 0 Å². The van der Waals surface area contributed by atoms with Crippen LogP contribution in [0.15, 0.2) is 168 Å². The van der Waals surface area contributed by atoms with Crippen LogP contribution in [0.5, 0.6) is 0 Å². The second-order valence-electron chi connectivity index (χ2n) is 11.0. The molecule has 1 aliphatic carbocycles. The van der Waals surface area contributed by atoms with Gasteiger partial charge in [-0.3, -0.25) is 0 Å². The van der Waals surface area contributed by atoms with Gasteiger partial charge in [-0.05, 0) is 72.5 Å². The Morgan fingerprint density at radius 1 is 0.357 bits per heavy atom. The zero-order valence-corrected chi connectivity index (χ0v) is 24.6. The molecular weight excluding hydrogens is 572 g/mol. The van der Waals surface area contributed by atoms with Crippen LogP contribution in [0.1, 0.15) is 22.3 Å². The monoisotopic (exact) mass is 598 g/mol. The lowest BCUT2D eigenvalue weighted by atomic mass is 9.67. The summed E-state index contributed by atoms with van der Waals surface area (Å²) in [5, 5.41) is 2.48. The fourth-order valence-corrected chi connectivity index (χ4v) is 7.58. The molecule has 0 saturated carbocycles. The number of rotatable bonds is 4. The zero-order valence-electron chi connectivity index (χ0n) is 23.0. The average Bonchev–Trinajstić information content (AvgIpc) is 3.37. The number of hydrogen-bond acceptors (Lipinski definition) is 0. The summed E-state index contributed by atoms with van der Waals surface area (Å²) in [6.07, 6.45) is 0. The van der Waals surface area contributed by atoms with Crippen LogP contribution in [-0.4, -0.2) is 0 Å². The molecule has 0 fully saturated rings. The molecule has 1 aliphatic rings. The van der Waals surface area contributed by atoms with Gasteiger partial charge in [-0.2, -0.15) is 0 Å². The van der Waals surface area contributed by atoms with E-state index in [1.54, 1.807) is 0 Å². The quantitative estimate of drug-likeness (QED) is 0.189. The maximum absolute atomic E-state index is 3.79. The topological polar surface area (TPSA) is 0 Å². The molecule has 7 aromatic rings. The third-order valence-corrected chi connectivity index (χ3v) is 9.55. The molecular formula is C41H27Br. The van der Waals surface area contributed by atoms with Crippen molar-refractivity contribution in [2.24, 2.45) is 0 Å². The van der Waals surface area contributed by atoms with Gasteiger partial charge < -0.3 is 0 Å².